The molecule has 0 aliphatic carbocycles. The second-order valence-corrected chi connectivity index (χ2v) is 19.7. The molecule has 16 heteroatoms. The van der Waals surface area contributed by atoms with Crippen LogP contribution in [0, 0.1) is 0 Å². The van der Waals surface area contributed by atoms with Crippen LogP contribution in [0.15, 0.2) is 131 Å². The Morgan fingerprint density at radius 1 is 0.500 bits per heavy atom. The molecule has 0 saturated heterocycles. The Kier molecular flexibility index (Phi) is 8.87. The molecule has 4 aromatic carbocycles. The number of hydrogen-bond donors (Lipinski definition) is 0. The van der Waals surface area contributed by atoms with Gasteiger partial charge in [-0.3, -0.25) is 9.80 Å². The summed E-state index contributed by atoms with van der Waals surface area (Å²) in [6.45, 7) is 3.24. The van der Waals surface area contributed by atoms with E-state index >= 15 is 0 Å². The summed E-state index contributed by atoms with van der Waals surface area (Å²) in [7, 11) is -2.56. The number of hydrogen-bond acceptors (Lipinski definition) is 12. The number of pyridine rings is 2. The molecule has 0 spiro atoms. The minimum Gasteiger partial charge on any atom is -0.298 e. The molecular formula is C44H40N10O4S2. The third kappa shape index (κ3) is 6.76. The first-order valence-electron chi connectivity index (χ1n) is 19.3. The van der Waals surface area contributed by atoms with Gasteiger partial charge in [0.1, 0.15) is 0 Å². The lowest BCUT2D eigenvalue weighted by atomic mass is 10.1. The van der Waals surface area contributed by atoms with E-state index in [1.165, 1.54) is 34.8 Å². The zero-order valence-electron chi connectivity index (χ0n) is 33.3. The Balaban J connectivity index is 1.19. The van der Waals surface area contributed by atoms with Crippen LogP contribution in [0.5, 0.6) is 0 Å². The van der Waals surface area contributed by atoms with Gasteiger partial charge in [-0.1, -0.05) is 36.4 Å². The summed E-state index contributed by atoms with van der Waals surface area (Å²) < 4.78 is 52.6. The molecule has 0 N–H and O–H groups in total. The third-order valence-corrected chi connectivity index (χ3v) is 13.4. The van der Waals surface area contributed by atoms with Gasteiger partial charge in [0.05, 0.1) is 21.2 Å². The summed E-state index contributed by atoms with van der Waals surface area (Å²) in [6, 6.07) is 34.1. The zero-order chi connectivity index (χ0) is 41.5. The van der Waals surface area contributed by atoms with E-state index in [2.05, 4.69) is 60.3 Å². The van der Waals surface area contributed by atoms with Crippen molar-refractivity contribution in [1.29, 1.82) is 0 Å². The predicted molar refractivity (Wildman–Crippen MR) is 231 cm³/mol. The molecule has 14 nitrogen and oxygen atoms in total. The molecule has 60 heavy (non-hydrogen) atoms. The van der Waals surface area contributed by atoms with Crippen LogP contribution in [0.1, 0.15) is 22.3 Å². The van der Waals surface area contributed by atoms with Crippen molar-refractivity contribution in [2.45, 2.75) is 36.0 Å². The van der Waals surface area contributed by atoms with Gasteiger partial charge >= 0.3 is 0 Å². The maximum absolute atomic E-state index is 12.3. The predicted octanol–water partition coefficient (Wildman–Crippen LogP) is 6.70. The lowest BCUT2D eigenvalue weighted by Gasteiger charge is -2.33. The average Bonchev–Trinajstić information content (AvgIpc) is 4.02. The molecule has 0 bridgehead atoms. The van der Waals surface area contributed by atoms with E-state index in [0.717, 1.165) is 59.8 Å². The van der Waals surface area contributed by atoms with Crippen molar-refractivity contribution in [2.75, 3.05) is 36.6 Å². The van der Waals surface area contributed by atoms with Crippen LogP contribution in [0.2, 0.25) is 0 Å². The fourth-order valence-corrected chi connectivity index (χ4v) is 9.45. The molecule has 8 aromatic rings. The number of aromatic nitrogens is 6. The maximum Gasteiger partial charge on any atom is 0.269 e. The molecule has 0 fully saturated rings. The Hall–Kier alpha value is -6.46. The van der Waals surface area contributed by atoms with Crippen LogP contribution in [0.4, 0.5) is 23.3 Å². The minimum absolute atomic E-state index is 0.235. The Labute approximate surface area is 347 Å². The van der Waals surface area contributed by atoms with E-state index in [1.54, 1.807) is 57.6 Å². The zero-order valence-corrected chi connectivity index (χ0v) is 34.9. The second kappa shape index (κ2) is 14.1. The number of hydrazine groups is 1. The average molecular weight is 837 g/mol. The van der Waals surface area contributed by atoms with E-state index in [9.17, 15) is 16.8 Å². The molecule has 10 rings (SSSR count). The lowest BCUT2D eigenvalue weighted by Crippen LogP contribution is -2.37. The molecule has 302 valence electrons. The number of anilines is 4. The number of benzene rings is 4. The first-order valence-corrected chi connectivity index (χ1v) is 23.1. The smallest absolute Gasteiger partial charge is 0.269 e. The topological polar surface area (TPSA) is 142 Å². The molecule has 0 amide bonds. The van der Waals surface area contributed by atoms with Gasteiger partial charge in [0.2, 0.25) is 0 Å². The standard InChI is InChI=1S/C44H40N10O4S2/c1-49-25-31-9-15-35(23-33(31)27-49)53(43-45-41-39(7-5-21-51(41)47-43)29-11-17-37(18-12-29)59(3,55)56)54(36-16-10-32-26-50(2)28-34(32)24-36)44-46-42-40(8-6-22-52(42)48-44)30-13-19-38(20-14-30)60(4,57)58/h5-24H,25-28H2,1-4H3. The summed E-state index contributed by atoms with van der Waals surface area (Å²) in [5.41, 5.74) is 10.7. The SMILES string of the molecule is CN1Cc2ccc(N(c3nc4c(-c5ccc(S(C)(=O)=O)cc5)cccn4n3)N(c3ccc4c(c3)CN(C)C4)c3nc4c(-c5ccc(S(C)(=O)=O)cc5)cccn4n3)cc2C1. The lowest BCUT2D eigenvalue weighted by molar-refractivity contribution is 0.353. The van der Waals surface area contributed by atoms with E-state index < -0.39 is 19.7 Å². The van der Waals surface area contributed by atoms with E-state index in [-0.39, 0.29) is 9.79 Å². The number of fused-ring (bicyclic) bond motifs is 4. The van der Waals surface area contributed by atoms with Gasteiger partial charge in [0, 0.05) is 62.2 Å². The molecular weight excluding hydrogens is 797 g/mol. The Morgan fingerprint density at radius 3 is 1.27 bits per heavy atom. The van der Waals surface area contributed by atoms with Crippen LogP contribution in [0.25, 0.3) is 33.5 Å². The van der Waals surface area contributed by atoms with Gasteiger partial charge in [-0.05, 0) is 120 Å². The van der Waals surface area contributed by atoms with Crippen molar-refractivity contribution in [1.82, 2.24) is 39.0 Å². The number of rotatable bonds is 9. The monoisotopic (exact) mass is 836 g/mol. The van der Waals surface area contributed by atoms with Crippen LogP contribution in [-0.2, 0) is 45.9 Å². The second-order valence-electron chi connectivity index (χ2n) is 15.7. The largest absolute Gasteiger partial charge is 0.298 e. The molecule has 6 heterocycles. The molecule has 0 radical (unpaired) electrons. The molecule has 2 aliphatic heterocycles. The van der Waals surface area contributed by atoms with Crippen molar-refractivity contribution in [3.05, 3.63) is 144 Å². The first-order chi connectivity index (χ1) is 28.8. The minimum atomic E-state index is -3.38. The molecule has 0 unspecified atom stereocenters. The summed E-state index contributed by atoms with van der Waals surface area (Å²) in [6.07, 6.45) is 6.08. The van der Waals surface area contributed by atoms with Crippen LogP contribution in [0.3, 0.4) is 0 Å². The number of nitrogens with zero attached hydrogens (tertiary/aromatic N) is 10. The van der Waals surface area contributed by atoms with Gasteiger partial charge in [0.15, 0.2) is 31.0 Å². The fourth-order valence-electron chi connectivity index (χ4n) is 8.19. The third-order valence-electron chi connectivity index (χ3n) is 11.1. The van der Waals surface area contributed by atoms with Crippen molar-refractivity contribution < 1.29 is 16.8 Å². The fraction of sp³-hybridized carbons (Fsp3) is 0.182. The van der Waals surface area contributed by atoms with Crippen molar-refractivity contribution in [2.24, 2.45) is 0 Å². The van der Waals surface area contributed by atoms with Gasteiger partial charge in [-0.15, -0.1) is 10.2 Å². The molecule has 2 aliphatic rings. The van der Waals surface area contributed by atoms with Crippen molar-refractivity contribution >= 4 is 54.2 Å². The summed E-state index contributed by atoms with van der Waals surface area (Å²) in [5.74, 6) is 0.712. The normalized spacial score (nSPS) is 14.5. The van der Waals surface area contributed by atoms with Gasteiger partial charge < -0.3 is 0 Å². The Morgan fingerprint density at radius 2 is 0.883 bits per heavy atom. The quantitative estimate of drug-likeness (QED) is 0.143. The Bertz CT molecular complexity index is 3000. The van der Waals surface area contributed by atoms with Gasteiger partial charge in [-0.25, -0.2) is 35.9 Å². The summed E-state index contributed by atoms with van der Waals surface area (Å²) >= 11 is 0. The van der Waals surface area contributed by atoms with Gasteiger partial charge in [-0.2, -0.15) is 9.97 Å². The highest BCUT2D eigenvalue weighted by atomic mass is 32.2. The van der Waals surface area contributed by atoms with E-state index in [1.807, 2.05) is 46.7 Å². The highest BCUT2D eigenvalue weighted by molar-refractivity contribution is 7.91. The van der Waals surface area contributed by atoms with Crippen LogP contribution < -0.4 is 10.0 Å². The van der Waals surface area contributed by atoms with Crippen molar-refractivity contribution in [3.63, 3.8) is 0 Å². The van der Waals surface area contributed by atoms with Crippen molar-refractivity contribution in [3.8, 4) is 22.3 Å². The molecule has 4 aromatic heterocycles. The van der Waals surface area contributed by atoms with Crippen LogP contribution >= 0.6 is 0 Å². The van der Waals surface area contributed by atoms with Crippen LogP contribution in [-0.4, -0.2) is 82.4 Å². The molecule has 0 atom stereocenters. The summed E-state index contributed by atoms with van der Waals surface area (Å²) in [4.78, 5) is 15.5. The maximum atomic E-state index is 12.3. The van der Waals surface area contributed by atoms with E-state index in [0.29, 0.717) is 23.2 Å². The number of sulfone groups is 2. The summed E-state index contributed by atoms with van der Waals surface area (Å²) in [5, 5.41) is 14.1. The van der Waals surface area contributed by atoms with Gasteiger partial charge in [0.25, 0.3) is 11.9 Å². The van der Waals surface area contributed by atoms with E-state index in [4.69, 9.17) is 20.2 Å². The molecule has 0 saturated carbocycles. The highest BCUT2D eigenvalue weighted by Crippen LogP contribution is 2.39. The first kappa shape index (κ1) is 37.8. The highest BCUT2D eigenvalue weighted by Gasteiger charge is 2.32.